The number of nitrogens with zero attached hydrogens (tertiary/aromatic N) is 3. The number of carbonyl (C=O) groups is 1. The topological polar surface area (TPSA) is 120 Å². The second kappa shape index (κ2) is 3.03. The molecule has 0 fully saturated rings. The summed E-state index contributed by atoms with van der Waals surface area (Å²) in [5.41, 5.74) is 9.95. The highest BCUT2D eigenvalue weighted by Crippen LogP contribution is 2.06. The molecule has 0 aliphatic rings. The molecule has 1 amide bonds. The van der Waals surface area contributed by atoms with Gasteiger partial charge in [-0.1, -0.05) is 0 Å². The van der Waals surface area contributed by atoms with Crippen molar-refractivity contribution >= 4 is 25.7 Å². The van der Waals surface area contributed by atoms with Crippen LogP contribution >= 0.6 is 0 Å². The number of amides is 1. The van der Waals surface area contributed by atoms with E-state index in [9.17, 15) is 4.79 Å². The molecule has 7 nitrogen and oxygen atoms in total. The van der Waals surface area contributed by atoms with Crippen molar-refractivity contribution in [3.05, 3.63) is 5.69 Å². The predicted molar refractivity (Wildman–Crippen MR) is 42.1 cm³/mol. The van der Waals surface area contributed by atoms with E-state index in [4.69, 9.17) is 19.4 Å². The van der Waals surface area contributed by atoms with Crippen LogP contribution in [0, 0.1) is 0 Å². The summed E-state index contributed by atoms with van der Waals surface area (Å²) in [5.74, 6) is -0.856. The number of carbonyl (C=O) groups excluding carboxylic acids is 1. The van der Waals surface area contributed by atoms with Gasteiger partial charge >= 0.3 is 0 Å². The Balaban J connectivity index is 3.20. The van der Waals surface area contributed by atoms with Crippen molar-refractivity contribution in [2.75, 3.05) is 11.0 Å². The summed E-state index contributed by atoms with van der Waals surface area (Å²) < 4.78 is 0. The lowest BCUT2D eigenvalue weighted by Gasteiger charge is -2.02. The number of nitrogens with two attached hydrogens (primary N) is 2. The minimum Gasteiger partial charge on any atom is -0.421 e. The van der Waals surface area contributed by atoms with Gasteiger partial charge in [0.05, 0.1) is 0 Å². The Hall–Kier alpha value is -1.86. The van der Waals surface area contributed by atoms with Gasteiger partial charge in [0.2, 0.25) is 13.9 Å². The van der Waals surface area contributed by atoms with Crippen LogP contribution in [0.4, 0.5) is 11.8 Å². The quantitative estimate of drug-likeness (QED) is 0.436. The first-order valence-corrected chi connectivity index (χ1v) is 2.91. The maximum Gasteiger partial charge on any atom is 0.273 e. The normalized spacial score (nSPS) is 9.33. The summed E-state index contributed by atoms with van der Waals surface area (Å²) in [6.07, 6.45) is 0. The predicted octanol–water partition coefficient (Wildman–Crippen LogP) is -1.95. The smallest absolute Gasteiger partial charge is 0.273 e. The molecule has 1 aromatic heterocycles. The summed E-state index contributed by atoms with van der Waals surface area (Å²) in [6, 6.07) is 0. The molecule has 1 heterocycles. The first-order chi connectivity index (χ1) is 5.65. The molecule has 0 saturated heterocycles. The molecule has 2 radical (unpaired) electrons. The highest BCUT2D eigenvalue weighted by molar-refractivity contribution is 6.17. The van der Waals surface area contributed by atoms with Crippen LogP contribution in [0.25, 0.3) is 0 Å². The molecule has 0 aromatic carbocycles. The van der Waals surface area contributed by atoms with Gasteiger partial charge < -0.3 is 16.7 Å². The van der Waals surface area contributed by atoms with Crippen molar-refractivity contribution in [3.63, 3.8) is 0 Å². The molecule has 5 N–H and O–H groups in total. The highest BCUT2D eigenvalue weighted by Gasteiger charge is 2.10. The van der Waals surface area contributed by atoms with E-state index in [0.717, 1.165) is 0 Å². The molecule has 1 rings (SSSR count). The zero-order chi connectivity index (χ0) is 9.14. The number of nitrogen functional groups attached to an aromatic ring is 1. The summed E-state index contributed by atoms with van der Waals surface area (Å²) in [6.45, 7) is 0. The van der Waals surface area contributed by atoms with Gasteiger partial charge in [-0.15, -0.1) is 10.2 Å². The molecule has 0 saturated carbocycles. The van der Waals surface area contributed by atoms with Crippen molar-refractivity contribution < 1.29 is 4.79 Å². The fraction of sp³-hybridized carbons (Fsp3) is 0. The standard InChI is InChI=1S/C4H5BN6O/c5-9-3-1(2(6)12)10-11-4(7)8-3/h(H2,6,12)(H3,7,8,9,11). The Kier molecular flexibility index (Phi) is 2.08. The van der Waals surface area contributed by atoms with E-state index in [-0.39, 0.29) is 17.5 Å². The molecule has 0 unspecified atom stereocenters. The summed E-state index contributed by atoms with van der Waals surface area (Å²) in [5, 5.41) is 8.85. The van der Waals surface area contributed by atoms with Crippen LogP contribution in [0.15, 0.2) is 0 Å². The molecule has 12 heavy (non-hydrogen) atoms. The zero-order valence-corrected chi connectivity index (χ0v) is 5.98. The van der Waals surface area contributed by atoms with E-state index < -0.39 is 5.91 Å². The monoisotopic (exact) mass is 164 g/mol. The Labute approximate surface area is 69.0 Å². The van der Waals surface area contributed by atoms with Gasteiger partial charge in [0.15, 0.2) is 11.5 Å². The minimum atomic E-state index is -0.775. The zero-order valence-electron chi connectivity index (χ0n) is 5.98. The van der Waals surface area contributed by atoms with Crippen LogP contribution < -0.4 is 16.7 Å². The Morgan fingerprint density at radius 1 is 1.50 bits per heavy atom. The van der Waals surface area contributed by atoms with Gasteiger partial charge in [-0.2, -0.15) is 4.98 Å². The fourth-order valence-electron chi connectivity index (χ4n) is 0.605. The molecule has 0 spiro atoms. The largest absolute Gasteiger partial charge is 0.421 e. The molecule has 0 aliphatic carbocycles. The van der Waals surface area contributed by atoms with Crippen LogP contribution in [0.1, 0.15) is 10.5 Å². The lowest BCUT2D eigenvalue weighted by molar-refractivity contribution is 0.0995. The third-order valence-corrected chi connectivity index (χ3v) is 1.07. The summed E-state index contributed by atoms with van der Waals surface area (Å²) in [7, 11) is 5.01. The molecule has 0 bridgehead atoms. The van der Waals surface area contributed by atoms with Gasteiger partial charge in [0, 0.05) is 0 Å². The van der Waals surface area contributed by atoms with E-state index in [2.05, 4.69) is 20.4 Å². The van der Waals surface area contributed by atoms with Gasteiger partial charge in [0.25, 0.3) is 5.91 Å². The molecule has 0 aliphatic heterocycles. The molecular weight excluding hydrogens is 159 g/mol. The fourth-order valence-corrected chi connectivity index (χ4v) is 0.605. The number of anilines is 2. The van der Waals surface area contributed by atoms with Crippen LogP contribution in [-0.4, -0.2) is 29.1 Å². The number of nitrogens with one attached hydrogen (secondary N) is 1. The Bertz CT molecular complexity index is 314. The molecular formula is C4H5BN6O. The summed E-state index contributed by atoms with van der Waals surface area (Å²) in [4.78, 5) is 14.2. The van der Waals surface area contributed by atoms with E-state index >= 15 is 0 Å². The van der Waals surface area contributed by atoms with Crippen molar-refractivity contribution in [3.8, 4) is 0 Å². The van der Waals surface area contributed by atoms with Gasteiger partial charge in [-0.05, 0) is 0 Å². The van der Waals surface area contributed by atoms with E-state index in [0.29, 0.717) is 0 Å². The maximum atomic E-state index is 10.6. The van der Waals surface area contributed by atoms with Gasteiger partial charge in [-0.3, -0.25) is 4.79 Å². The second-order valence-corrected chi connectivity index (χ2v) is 1.88. The van der Waals surface area contributed by atoms with Crippen LogP contribution in [0.5, 0.6) is 0 Å². The second-order valence-electron chi connectivity index (χ2n) is 1.88. The van der Waals surface area contributed by atoms with Crippen molar-refractivity contribution in [2.45, 2.75) is 0 Å². The summed E-state index contributed by atoms with van der Waals surface area (Å²) >= 11 is 0. The lowest BCUT2D eigenvalue weighted by Crippen LogP contribution is -2.18. The third kappa shape index (κ3) is 1.41. The van der Waals surface area contributed by atoms with Crippen molar-refractivity contribution in [1.29, 1.82) is 0 Å². The van der Waals surface area contributed by atoms with Crippen LogP contribution in [0.3, 0.4) is 0 Å². The van der Waals surface area contributed by atoms with Gasteiger partial charge in [-0.25, -0.2) is 0 Å². The van der Waals surface area contributed by atoms with E-state index in [1.54, 1.807) is 0 Å². The highest BCUT2D eigenvalue weighted by atomic mass is 16.1. The average molecular weight is 164 g/mol. The first kappa shape index (κ1) is 8.24. The molecule has 1 aromatic rings. The minimum absolute atomic E-state index is 0.00926. The lowest BCUT2D eigenvalue weighted by atomic mass is 10.3. The SMILES string of the molecule is [B]Nc1nc(N)nnc1C(N)=O. The first-order valence-electron chi connectivity index (χ1n) is 2.91. The maximum absolute atomic E-state index is 10.6. The number of rotatable bonds is 2. The van der Waals surface area contributed by atoms with E-state index in [1.165, 1.54) is 0 Å². The van der Waals surface area contributed by atoms with Crippen LogP contribution in [-0.2, 0) is 0 Å². The molecule has 60 valence electrons. The molecule has 0 atom stereocenters. The Morgan fingerprint density at radius 3 is 2.67 bits per heavy atom. The number of hydrogen-bond acceptors (Lipinski definition) is 6. The number of aromatic nitrogens is 3. The van der Waals surface area contributed by atoms with Crippen molar-refractivity contribution in [2.24, 2.45) is 5.73 Å². The Morgan fingerprint density at radius 2 is 2.17 bits per heavy atom. The van der Waals surface area contributed by atoms with Gasteiger partial charge in [0.1, 0.15) is 0 Å². The number of primary amides is 1. The number of hydrogen-bond donors (Lipinski definition) is 3. The molecule has 8 heteroatoms. The average Bonchev–Trinajstić information content (AvgIpc) is 2.03. The third-order valence-electron chi connectivity index (χ3n) is 1.07. The van der Waals surface area contributed by atoms with Crippen molar-refractivity contribution in [1.82, 2.24) is 15.2 Å². The van der Waals surface area contributed by atoms with Crippen LogP contribution in [0.2, 0.25) is 0 Å². The van der Waals surface area contributed by atoms with E-state index in [1.807, 2.05) is 0 Å².